The number of carbonyl (C=O) groups is 1. The number of nitrogens with one attached hydrogen (secondary N) is 1. The summed E-state index contributed by atoms with van der Waals surface area (Å²) in [6.07, 6.45) is 0. The number of nitrogens with zero attached hydrogens (tertiary/aromatic N) is 1. The lowest BCUT2D eigenvalue weighted by molar-refractivity contribution is -0.113. The molecule has 0 bridgehead atoms. The number of hydrogen-bond donors (Lipinski definition) is 1. The van der Waals surface area contributed by atoms with Gasteiger partial charge in [-0.2, -0.15) is 4.31 Å². The zero-order valence-corrected chi connectivity index (χ0v) is 19.9. The summed E-state index contributed by atoms with van der Waals surface area (Å²) in [5.41, 5.74) is 3.78. The van der Waals surface area contributed by atoms with Crippen LogP contribution in [0.4, 0.5) is 5.69 Å². The van der Waals surface area contributed by atoms with E-state index in [1.54, 1.807) is 6.07 Å². The summed E-state index contributed by atoms with van der Waals surface area (Å²) in [5, 5.41) is 2.81. The van der Waals surface area contributed by atoms with Crippen LogP contribution in [0.1, 0.15) is 16.7 Å². The number of sulfonamides is 1. The third-order valence-corrected chi connectivity index (χ3v) is 8.24. The topological polar surface area (TPSA) is 84.9 Å². The summed E-state index contributed by atoms with van der Waals surface area (Å²) in [7, 11) is -2.19. The fourth-order valence-electron chi connectivity index (χ4n) is 3.60. The molecule has 0 saturated carbocycles. The SMILES string of the molecule is COc1ccc(S(=O)(=O)N2CCOCC2)cc1NC(=O)CSc1c(C)cc(C)cc1C. The van der Waals surface area contributed by atoms with Gasteiger partial charge in [0.2, 0.25) is 15.9 Å². The first-order valence-electron chi connectivity index (χ1n) is 9.99. The molecule has 1 aliphatic rings. The number of anilines is 1. The number of amides is 1. The molecular formula is C22H28N2O5S2. The fraction of sp³-hybridized carbons (Fsp3) is 0.409. The van der Waals surface area contributed by atoms with Crippen LogP contribution in [-0.2, 0) is 19.6 Å². The molecule has 1 fully saturated rings. The lowest BCUT2D eigenvalue weighted by atomic mass is 10.1. The average Bonchev–Trinajstić information content (AvgIpc) is 2.73. The van der Waals surface area contributed by atoms with Crippen LogP contribution in [0.3, 0.4) is 0 Å². The van der Waals surface area contributed by atoms with E-state index in [4.69, 9.17) is 9.47 Å². The highest BCUT2D eigenvalue weighted by Gasteiger charge is 2.27. The molecule has 31 heavy (non-hydrogen) atoms. The molecule has 1 heterocycles. The molecule has 1 N–H and O–H groups in total. The molecule has 2 aromatic rings. The highest BCUT2D eigenvalue weighted by atomic mass is 32.2. The number of rotatable bonds is 7. The lowest BCUT2D eigenvalue weighted by Gasteiger charge is -2.26. The molecule has 1 amide bonds. The Balaban J connectivity index is 1.76. The Hall–Kier alpha value is -2.07. The van der Waals surface area contributed by atoms with Crippen molar-refractivity contribution < 1.29 is 22.7 Å². The maximum absolute atomic E-state index is 13.0. The second-order valence-electron chi connectivity index (χ2n) is 7.44. The van der Waals surface area contributed by atoms with Crippen molar-refractivity contribution >= 4 is 33.4 Å². The van der Waals surface area contributed by atoms with Crippen molar-refractivity contribution in [2.75, 3.05) is 44.5 Å². The Morgan fingerprint density at radius 2 is 1.77 bits per heavy atom. The number of hydrogen-bond acceptors (Lipinski definition) is 6. The van der Waals surface area contributed by atoms with E-state index in [0.717, 1.165) is 16.0 Å². The first-order chi connectivity index (χ1) is 14.7. The predicted molar refractivity (Wildman–Crippen MR) is 123 cm³/mol. The van der Waals surface area contributed by atoms with Crippen LogP contribution in [0.15, 0.2) is 40.1 Å². The summed E-state index contributed by atoms with van der Waals surface area (Å²) in [4.78, 5) is 13.8. The smallest absolute Gasteiger partial charge is 0.243 e. The first-order valence-corrected chi connectivity index (χ1v) is 12.4. The van der Waals surface area contributed by atoms with Crippen LogP contribution in [0.2, 0.25) is 0 Å². The number of aryl methyl sites for hydroxylation is 3. The summed E-state index contributed by atoms with van der Waals surface area (Å²) >= 11 is 1.46. The Bertz CT molecular complexity index is 1040. The van der Waals surface area contributed by atoms with E-state index in [0.29, 0.717) is 37.7 Å². The van der Waals surface area contributed by atoms with E-state index in [2.05, 4.69) is 17.4 Å². The van der Waals surface area contributed by atoms with Gasteiger partial charge >= 0.3 is 0 Å². The number of benzene rings is 2. The average molecular weight is 465 g/mol. The fourth-order valence-corrected chi connectivity index (χ4v) is 5.96. The summed E-state index contributed by atoms with van der Waals surface area (Å²) in [6, 6.07) is 8.69. The second-order valence-corrected chi connectivity index (χ2v) is 10.4. The van der Waals surface area contributed by atoms with Crippen LogP contribution in [0, 0.1) is 20.8 Å². The summed E-state index contributed by atoms with van der Waals surface area (Å²) in [6.45, 7) is 7.46. The largest absolute Gasteiger partial charge is 0.495 e. The van der Waals surface area contributed by atoms with Crippen molar-refractivity contribution in [1.29, 1.82) is 0 Å². The van der Waals surface area contributed by atoms with Crippen LogP contribution in [0.25, 0.3) is 0 Å². The third kappa shape index (κ3) is 5.60. The third-order valence-electron chi connectivity index (χ3n) is 5.01. The normalized spacial score (nSPS) is 15.0. The standard InChI is InChI=1S/C22H28N2O5S2/c1-15-11-16(2)22(17(3)12-15)30-14-21(25)23-19-13-18(5-6-20(19)28-4)31(26,27)24-7-9-29-10-8-24/h5-6,11-13H,7-10,14H2,1-4H3,(H,23,25). The number of ether oxygens (including phenoxy) is 2. The molecule has 1 aliphatic heterocycles. The van der Waals surface area contributed by atoms with Crippen LogP contribution < -0.4 is 10.1 Å². The quantitative estimate of drug-likeness (QED) is 0.633. The van der Waals surface area contributed by atoms with Crippen molar-refractivity contribution in [2.45, 2.75) is 30.6 Å². The first kappa shape index (κ1) is 23.6. The Kier molecular flexibility index (Phi) is 7.64. The van der Waals surface area contributed by atoms with Gasteiger partial charge in [0.1, 0.15) is 5.75 Å². The highest BCUT2D eigenvalue weighted by Crippen LogP contribution is 2.31. The molecule has 0 aliphatic carbocycles. The molecule has 0 aromatic heterocycles. The van der Waals surface area contributed by atoms with Crippen LogP contribution in [0.5, 0.6) is 5.75 Å². The van der Waals surface area contributed by atoms with Crippen molar-refractivity contribution in [3.63, 3.8) is 0 Å². The minimum absolute atomic E-state index is 0.114. The molecule has 3 rings (SSSR count). The van der Waals surface area contributed by atoms with E-state index >= 15 is 0 Å². The molecule has 0 unspecified atom stereocenters. The minimum Gasteiger partial charge on any atom is -0.495 e. The van der Waals surface area contributed by atoms with Gasteiger partial charge in [0.05, 0.1) is 36.7 Å². The van der Waals surface area contributed by atoms with Crippen molar-refractivity contribution in [3.8, 4) is 5.75 Å². The van der Waals surface area contributed by atoms with Crippen LogP contribution in [-0.4, -0.2) is 57.8 Å². The second kappa shape index (κ2) is 10.0. The molecular weight excluding hydrogens is 436 g/mol. The Morgan fingerprint density at radius 1 is 1.13 bits per heavy atom. The van der Waals surface area contributed by atoms with Crippen molar-refractivity contribution in [3.05, 3.63) is 47.0 Å². The maximum atomic E-state index is 13.0. The van der Waals surface area contributed by atoms with Gasteiger partial charge in [0.15, 0.2) is 0 Å². The van der Waals surface area contributed by atoms with Gasteiger partial charge < -0.3 is 14.8 Å². The Labute approximate surface area is 188 Å². The van der Waals surface area contributed by atoms with Gasteiger partial charge in [-0.25, -0.2) is 8.42 Å². The van der Waals surface area contributed by atoms with Crippen molar-refractivity contribution in [1.82, 2.24) is 4.31 Å². The zero-order valence-electron chi connectivity index (χ0n) is 18.2. The van der Waals surface area contributed by atoms with Crippen LogP contribution >= 0.6 is 11.8 Å². The number of morpholine rings is 1. The zero-order chi connectivity index (χ0) is 22.6. The molecule has 1 saturated heterocycles. The number of carbonyl (C=O) groups excluding carboxylic acids is 1. The van der Waals surface area contributed by atoms with Gasteiger partial charge in [-0.3, -0.25) is 4.79 Å². The van der Waals surface area contributed by atoms with E-state index < -0.39 is 10.0 Å². The monoisotopic (exact) mass is 464 g/mol. The molecule has 0 spiro atoms. The van der Waals surface area contributed by atoms with E-state index in [1.165, 1.54) is 40.9 Å². The molecule has 7 nitrogen and oxygen atoms in total. The maximum Gasteiger partial charge on any atom is 0.243 e. The van der Waals surface area contributed by atoms with Crippen molar-refractivity contribution in [2.24, 2.45) is 0 Å². The van der Waals surface area contributed by atoms with Gasteiger partial charge in [0, 0.05) is 18.0 Å². The lowest BCUT2D eigenvalue weighted by Crippen LogP contribution is -2.40. The summed E-state index contributed by atoms with van der Waals surface area (Å²) in [5.74, 6) is 0.375. The van der Waals surface area contributed by atoms with Gasteiger partial charge in [0.25, 0.3) is 0 Å². The Morgan fingerprint density at radius 3 is 2.39 bits per heavy atom. The number of methoxy groups -OCH3 is 1. The van der Waals surface area contributed by atoms with Gasteiger partial charge in [-0.15, -0.1) is 11.8 Å². The predicted octanol–water partition coefficient (Wildman–Crippen LogP) is 3.37. The molecule has 0 radical (unpaired) electrons. The molecule has 9 heteroatoms. The van der Waals surface area contributed by atoms with Gasteiger partial charge in [-0.1, -0.05) is 17.7 Å². The summed E-state index contributed by atoms with van der Waals surface area (Å²) < 4.78 is 37.9. The molecule has 168 valence electrons. The van der Waals surface area contributed by atoms with E-state index in [-0.39, 0.29) is 16.6 Å². The molecule has 0 atom stereocenters. The molecule has 2 aromatic carbocycles. The highest BCUT2D eigenvalue weighted by molar-refractivity contribution is 8.00. The van der Waals surface area contributed by atoms with E-state index in [1.807, 2.05) is 20.8 Å². The van der Waals surface area contributed by atoms with E-state index in [9.17, 15) is 13.2 Å². The minimum atomic E-state index is -3.67. The number of thioether (sulfide) groups is 1. The van der Waals surface area contributed by atoms with Gasteiger partial charge in [-0.05, 0) is 50.1 Å².